The van der Waals surface area contributed by atoms with E-state index >= 15 is 0 Å². The van der Waals surface area contributed by atoms with E-state index in [0.717, 1.165) is 28.0 Å². The number of hydrogen-bond acceptors (Lipinski definition) is 7. The smallest absolute Gasteiger partial charge is 0.271 e. The molecule has 0 saturated heterocycles. The zero-order valence-corrected chi connectivity index (χ0v) is 19.5. The van der Waals surface area contributed by atoms with Gasteiger partial charge in [-0.15, -0.1) is 11.3 Å². The quantitative estimate of drug-likeness (QED) is 0.404. The van der Waals surface area contributed by atoms with Gasteiger partial charge >= 0.3 is 0 Å². The van der Waals surface area contributed by atoms with Crippen LogP contribution in [-0.4, -0.2) is 43.0 Å². The van der Waals surface area contributed by atoms with Gasteiger partial charge in [-0.1, -0.05) is 12.1 Å². The fourth-order valence-corrected chi connectivity index (χ4v) is 5.06. The highest BCUT2D eigenvalue weighted by Gasteiger charge is 2.32. The van der Waals surface area contributed by atoms with Crippen molar-refractivity contribution in [1.29, 1.82) is 0 Å². The number of benzene rings is 2. The Hall–Kier alpha value is -3.43. The van der Waals surface area contributed by atoms with Crippen LogP contribution >= 0.6 is 11.3 Å². The largest absolute Gasteiger partial charge is 0.493 e. The number of thiophene rings is 1. The number of rotatable bonds is 7. The summed E-state index contributed by atoms with van der Waals surface area (Å²) in [6.45, 7) is 2.65. The molecular weight excluding hydrogens is 442 g/mol. The second kappa shape index (κ2) is 9.60. The van der Waals surface area contributed by atoms with Crippen LogP contribution in [-0.2, 0) is 11.2 Å². The van der Waals surface area contributed by atoms with E-state index < -0.39 is 4.92 Å². The third-order valence-electron chi connectivity index (χ3n) is 5.84. The summed E-state index contributed by atoms with van der Waals surface area (Å²) in [6, 6.07) is 12.4. The van der Waals surface area contributed by atoms with Crippen molar-refractivity contribution in [2.45, 2.75) is 19.4 Å². The number of nitrogens with one attached hydrogen (secondary N) is 1. The van der Waals surface area contributed by atoms with E-state index in [1.807, 2.05) is 30.5 Å². The summed E-state index contributed by atoms with van der Waals surface area (Å²) in [4.78, 5) is 26.9. The van der Waals surface area contributed by atoms with E-state index in [4.69, 9.17) is 9.47 Å². The molecule has 1 atom stereocenters. The molecule has 0 saturated carbocycles. The number of nitrogens with zero attached hydrogens (tertiary/aromatic N) is 2. The molecular formula is C24H25N3O5S. The number of nitro benzene ring substituents is 1. The maximum absolute atomic E-state index is 13.0. The molecule has 0 aliphatic carbocycles. The molecule has 33 heavy (non-hydrogen) atoms. The predicted octanol–water partition coefficient (Wildman–Crippen LogP) is 4.57. The third-order valence-corrected chi connectivity index (χ3v) is 6.76. The molecule has 0 fully saturated rings. The number of fused-ring (bicyclic) bond motifs is 1. The summed E-state index contributed by atoms with van der Waals surface area (Å²) in [5.74, 6) is 1.12. The Bertz CT molecular complexity index is 1180. The van der Waals surface area contributed by atoms with Crippen molar-refractivity contribution in [3.8, 4) is 11.5 Å². The number of carbonyl (C=O) groups is 1. The number of amides is 1. The van der Waals surface area contributed by atoms with Crippen molar-refractivity contribution in [2.24, 2.45) is 0 Å². The number of hydrogen-bond donors (Lipinski definition) is 1. The predicted molar refractivity (Wildman–Crippen MR) is 127 cm³/mol. The highest BCUT2D eigenvalue weighted by molar-refractivity contribution is 7.10. The van der Waals surface area contributed by atoms with Crippen molar-refractivity contribution in [2.75, 3.05) is 32.6 Å². The highest BCUT2D eigenvalue weighted by atomic mass is 32.1. The molecule has 1 N–H and O–H groups in total. The number of anilines is 1. The monoisotopic (exact) mass is 467 g/mol. The zero-order valence-electron chi connectivity index (χ0n) is 18.7. The Balaban J connectivity index is 1.62. The molecule has 0 radical (unpaired) electrons. The van der Waals surface area contributed by atoms with E-state index in [1.54, 1.807) is 31.6 Å². The van der Waals surface area contributed by atoms with Crippen LogP contribution in [0, 0.1) is 17.0 Å². The number of aryl methyl sites for hydroxylation is 1. The zero-order chi connectivity index (χ0) is 23.5. The standard InChI is InChI=1S/C24H25N3O5S/c1-15-6-7-17(27(29)30)12-19(15)25-23(28)14-26-9-8-16-11-20(31-2)21(32-3)13-18(16)24(26)22-5-4-10-33-22/h4-7,10-13,24H,8-9,14H2,1-3H3,(H,25,28)/t24-/m0/s1. The third kappa shape index (κ3) is 4.69. The number of carbonyl (C=O) groups excluding carboxylic acids is 1. The van der Waals surface area contributed by atoms with Crippen LogP contribution in [0.15, 0.2) is 47.8 Å². The molecule has 2 heterocycles. The van der Waals surface area contributed by atoms with Crippen LogP contribution in [0.4, 0.5) is 11.4 Å². The lowest BCUT2D eigenvalue weighted by Gasteiger charge is -2.37. The Morgan fingerprint density at radius 1 is 1.21 bits per heavy atom. The first kappa shape index (κ1) is 22.8. The summed E-state index contributed by atoms with van der Waals surface area (Å²) in [7, 11) is 3.23. The Labute approximate surface area is 195 Å². The number of nitro groups is 1. The van der Waals surface area contributed by atoms with Gasteiger partial charge in [-0.2, -0.15) is 0 Å². The molecule has 3 aromatic rings. The first-order valence-corrected chi connectivity index (χ1v) is 11.4. The van der Waals surface area contributed by atoms with Gasteiger partial charge in [-0.25, -0.2) is 0 Å². The van der Waals surface area contributed by atoms with E-state index in [0.29, 0.717) is 23.7 Å². The minimum Gasteiger partial charge on any atom is -0.493 e. The summed E-state index contributed by atoms with van der Waals surface area (Å²) >= 11 is 1.64. The first-order chi connectivity index (χ1) is 15.9. The average Bonchev–Trinajstić information content (AvgIpc) is 3.33. The Morgan fingerprint density at radius 2 is 1.97 bits per heavy atom. The highest BCUT2D eigenvalue weighted by Crippen LogP contribution is 2.42. The fourth-order valence-electron chi connectivity index (χ4n) is 4.18. The topological polar surface area (TPSA) is 93.9 Å². The molecule has 0 spiro atoms. The van der Waals surface area contributed by atoms with Crippen LogP contribution < -0.4 is 14.8 Å². The fraction of sp³-hybridized carbons (Fsp3) is 0.292. The van der Waals surface area contributed by atoms with Crippen LogP contribution in [0.5, 0.6) is 11.5 Å². The lowest BCUT2D eigenvalue weighted by molar-refractivity contribution is -0.384. The lowest BCUT2D eigenvalue weighted by Crippen LogP contribution is -2.41. The van der Waals surface area contributed by atoms with Crippen LogP contribution in [0.1, 0.15) is 27.6 Å². The van der Waals surface area contributed by atoms with Crippen LogP contribution in [0.2, 0.25) is 0 Å². The van der Waals surface area contributed by atoms with Crippen molar-refractivity contribution in [1.82, 2.24) is 4.90 Å². The van der Waals surface area contributed by atoms with Crippen molar-refractivity contribution in [3.63, 3.8) is 0 Å². The minimum atomic E-state index is -0.467. The second-order valence-corrected chi connectivity index (χ2v) is 8.83. The summed E-state index contributed by atoms with van der Waals surface area (Å²) in [5, 5.41) is 16.0. The van der Waals surface area contributed by atoms with Gasteiger partial charge in [0.25, 0.3) is 5.69 Å². The van der Waals surface area contributed by atoms with Gasteiger partial charge in [0, 0.05) is 23.6 Å². The van der Waals surface area contributed by atoms with Crippen LogP contribution in [0.3, 0.4) is 0 Å². The van der Waals surface area contributed by atoms with Crippen molar-refractivity contribution in [3.05, 3.63) is 79.5 Å². The normalized spacial score (nSPS) is 15.5. The Morgan fingerprint density at radius 3 is 2.64 bits per heavy atom. The average molecular weight is 468 g/mol. The molecule has 9 heteroatoms. The maximum Gasteiger partial charge on any atom is 0.271 e. The van der Waals surface area contributed by atoms with Gasteiger partial charge in [0.05, 0.1) is 37.4 Å². The van der Waals surface area contributed by atoms with Gasteiger partial charge < -0.3 is 14.8 Å². The first-order valence-electron chi connectivity index (χ1n) is 10.5. The molecule has 0 unspecified atom stereocenters. The molecule has 1 aromatic heterocycles. The van der Waals surface area contributed by atoms with Gasteiger partial charge in [-0.3, -0.25) is 19.8 Å². The molecule has 1 aliphatic heterocycles. The van der Waals surface area contributed by atoms with Gasteiger partial charge in [0.1, 0.15) is 0 Å². The van der Waals surface area contributed by atoms with E-state index in [1.165, 1.54) is 12.1 Å². The molecule has 4 rings (SSSR count). The summed E-state index contributed by atoms with van der Waals surface area (Å²) in [5.41, 5.74) is 3.41. The van der Waals surface area contributed by atoms with Crippen molar-refractivity contribution >= 4 is 28.6 Å². The lowest BCUT2D eigenvalue weighted by atomic mass is 9.91. The van der Waals surface area contributed by atoms with E-state index in [9.17, 15) is 14.9 Å². The number of methoxy groups -OCH3 is 2. The summed E-state index contributed by atoms with van der Waals surface area (Å²) < 4.78 is 11.0. The number of ether oxygens (including phenoxy) is 2. The van der Waals surface area contributed by atoms with E-state index in [2.05, 4.69) is 16.3 Å². The SMILES string of the molecule is COc1cc2c(cc1OC)[C@@H](c1cccs1)N(CC(=O)Nc1cc([N+](=O)[O-])ccc1C)CC2. The molecule has 2 aromatic carbocycles. The number of non-ortho nitro benzene ring substituents is 1. The molecule has 172 valence electrons. The van der Waals surface area contributed by atoms with Gasteiger partial charge in [0.2, 0.25) is 5.91 Å². The molecule has 1 aliphatic rings. The minimum absolute atomic E-state index is 0.0553. The Kier molecular flexibility index (Phi) is 6.62. The second-order valence-electron chi connectivity index (χ2n) is 7.85. The van der Waals surface area contributed by atoms with Gasteiger partial charge in [0.15, 0.2) is 11.5 Å². The molecule has 1 amide bonds. The molecule has 0 bridgehead atoms. The van der Waals surface area contributed by atoms with E-state index in [-0.39, 0.29) is 24.2 Å². The molecule has 8 nitrogen and oxygen atoms in total. The maximum atomic E-state index is 13.0. The van der Waals surface area contributed by atoms with Crippen LogP contribution in [0.25, 0.3) is 0 Å². The van der Waals surface area contributed by atoms with Crippen molar-refractivity contribution < 1.29 is 19.2 Å². The summed E-state index contributed by atoms with van der Waals surface area (Å²) in [6.07, 6.45) is 0.765. The van der Waals surface area contributed by atoms with Gasteiger partial charge in [-0.05, 0) is 53.6 Å².